The Labute approximate surface area is 180 Å². The van der Waals surface area contributed by atoms with Crippen LogP contribution in [0.25, 0.3) is 0 Å². The molecule has 0 aromatic rings. The fraction of sp³-hybridized carbons (Fsp3) is 0.920. The normalized spacial score (nSPS) is 12.6. The first-order chi connectivity index (χ1) is 14.0. The maximum Gasteiger partial charge on any atom is 0.323 e. The monoisotopic (exact) mass is 412 g/mol. The predicted octanol–water partition coefficient (Wildman–Crippen LogP) is 7.38. The van der Waals surface area contributed by atoms with Gasteiger partial charge in [0.2, 0.25) is 0 Å². The largest absolute Gasteiger partial charge is 0.465 e. The second-order valence-electron chi connectivity index (χ2n) is 8.47. The molecule has 0 heterocycles. The van der Waals surface area contributed by atoms with E-state index in [2.05, 4.69) is 13.8 Å². The van der Waals surface area contributed by atoms with E-state index < -0.39 is 17.4 Å². The first-order valence-corrected chi connectivity index (χ1v) is 12.4. The quantitative estimate of drug-likeness (QED) is 0.126. The molecule has 0 bridgehead atoms. The third-order valence-corrected chi connectivity index (χ3v) is 5.99. The summed E-state index contributed by atoms with van der Waals surface area (Å²) in [6.45, 7) is 10.5. The van der Waals surface area contributed by atoms with Gasteiger partial charge in [-0.3, -0.25) is 9.59 Å². The molecule has 0 aromatic heterocycles. The van der Waals surface area contributed by atoms with E-state index >= 15 is 0 Å². The summed E-state index contributed by atoms with van der Waals surface area (Å²) in [5.74, 6) is -0.819. The zero-order valence-electron chi connectivity index (χ0n) is 20.0. The lowest BCUT2D eigenvalue weighted by atomic mass is 9.82. The Bertz CT molecular complexity index is 415. The fourth-order valence-electron chi connectivity index (χ4n) is 3.66. The van der Waals surface area contributed by atoms with Crippen LogP contribution in [0.3, 0.4) is 0 Å². The molecule has 1 atom stereocenters. The molecule has 0 aliphatic heterocycles. The maximum atomic E-state index is 12.8. The van der Waals surface area contributed by atoms with E-state index in [1.54, 1.807) is 0 Å². The van der Waals surface area contributed by atoms with Gasteiger partial charge in [-0.2, -0.15) is 0 Å². The fourth-order valence-corrected chi connectivity index (χ4v) is 3.66. The second-order valence-corrected chi connectivity index (χ2v) is 8.47. The van der Waals surface area contributed by atoms with E-state index in [0.29, 0.717) is 19.4 Å². The zero-order chi connectivity index (χ0) is 22.0. The molecule has 4 heteroatoms. The van der Waals surface area contributed by atoms with Crippen LogP contribution in [-0.2, 0) is 19.1 Å². The van der Waals surface area contributed by atoms with Gasteiger partial charge in [-0.05, 0) is 39.0 Å². The number of unbranched alkanes of at least 4 members (excludes halogenated alkanes) is 10. The lowest BCUT2D eigenvalue weighted by Gasteiger charge is -2.28. The molecule has 0 fully saturated rings. The van der Waals surface area contributed by atoms with Crippen LogP contribution in [0, 0.1) is 5.41 Å². The summed E-state index contributed by atoms with van der Waals surface area (Å²) in [7, 11) is 0. The number of esters is 2. The minimum Gasteiger partial charge on any atom is -0.465 e. The number of hydrogen-bond donors (Lipinski definition) is 0. The highest BCUT2D eigenvalue weighted by Crippen LogP contribution is 2.31. The number of hydrogen-bond acceptors (Lipinski definition) is 4. The summed E-state index contributed by atoms with van der Waals surface area (Å²) in [5, 5.41) is 0. The molecule has 0 saturated carbocycles. The van der Waals surface area contributed by atoms with Gasteiger partial charge >= 0.3 is 11.9 Å². The molecule has 0 aromatic carbocycles. The molecule has 1 unspecified atom stereocenters. The average Bonchev–Trinajstić information content (AvgIpc) is 2.71. The van der Waals surface area contributed by atoms with Crippen molar-refractivity contribution in [3.05, 3.63) is 0 Å². The zero-order valence-corrected chi connectivity index (χ0v) is 20.0. The maximum absolute atomic E-state index is 12.8. The molecule has 0 spiro atoms. The summed E-state index contributed by atoms with van der Waals surface area (Å²) < 4.78 is 11.2. The van der Waals surface area contributed by atoms with Gasteiger partial charge in [-0.1, -0.05) is 91.9 Å². The van der Waals surface area contributed by atoms with Gasteiger partial charge in [-0.15, -0.1) is 0 Å². The van der Waals surface area contributed by atoms with E-state index in [4.69, 9.17) is 9.47 Å². The number of carbonyl (C=O) groups is 2. The lowest BCUT2D eigenvalue weighted by Crippen LogP contribution is -2.42. The van der Waals surface area contributed by atoms with Crippen molar-refractivity contribution in [3.63, 3.8) is 0 Å². The molecule has 0 amide bonds. The van der Waals surface area contributed by atoms with Crippen molar-refractivity contribution in [3.8, 4) is 0 Å². The molecule has 4 nitrogen and oxygen atoms in total. The van der Waals surface area contributed by atoms with Gasteiger partial charge in [0.1, 0.15) is 0 Å². The Morgan fingerprint density at radius 2 is 1.17 bits per heavy atom. The van der Waals surface area contributed by atoms with Gasteiger partial charge < -0.3 is 9.47 Å². The molecular weight excluding hydrogens is 364 g/mol. The average molecular weight is 413 g/mol. The van der Waals surface area contributed by atoms with Gasteiger partial charge in [0, 0.05) is 0 Å². The first-order valence-electron chi connectivity index (χ1n) is 12.4. The number of carbonyl (C=O) groups excluding carboxylic acids is 2. The third kappa shape index (κ3) is 11.6. The highest BCUT2D eigenvalue weighted by molar-refractivity contribution is 6.00. The number of rotatable bonds is 19. The Kier molecular flexibility index (Phi) is 17.1. The highest BCUT2D eigenvalue weighted by atomic mass is 16.6. The molecule has 29 heavy (non-hydrogen) atoms. The minimum atomic E-state index is -1.15. The SMILES string of the molecule is CCCCCCCCCCOC(=O)C(CC)(CC)C(=O)OC(C)CCCCCC. The summed E-state index contributed by atoms with van der Waals surface area (Å²) >= 11 is 0. The van der Waals surface area contributed by atoms with Crippen molar-refractivity contribution >= 4 is 11.9 Å². The van der Waals surface area contributed by atoms with E-state index in [1.165, 1.54) is 51.4 Å². The third-order valence-electron chi connectivity index (χ3n) is 5.99. The van der Waals surface area contributed by atoms with Crippen LogP contribution < -0.4 is 0 Å². The van der Waals surface area contributed by atoms with E-state index in [-0.39, 0.29) is 6.10 Å². The molecule has 0 aliphatic rings. The van der Waals surface area contributed by atoms with E-state index in [9.17, 15) is 9.59 Å². The lowest BCUT2D eigenvalue weighted by molar-refractivity contribution is -0.176. The Morgan fingerprint density at radius 3 is 1.69 bits per heavy atom. The van der Waals surface area contributed by atoms with Crippen molar-refractivity contribution < 1.29 is 19.1 Å². The van der Waals surface area contributed by atoms with E-state index in [0.717, 1.165) is 32.1 Å². The van der Waals surface area contributed by atoms with Crippen LogP contribution in [-0.4, -0.2) is 24.6 Å². The summed E-state index contributed by atoms with van der Waals surface area (Å²) in [5.41, 5.74) is -1.15. The van der Waals surface area contributed by atoms with Crippen molar-refractivity contribution in [2.75, 3.05) is 6.61 Å². The molecule has 0 N–H and O–H groups in total. The van der Waals surface area contributed by atoms with Gasteiger partial charge in [0.05, 0.1) is 12.7 Å². The van der Waals surface area contributed by atoms with Crippen molar-refractivity contribution in [2.24, 2.45) is 5.41 Å². The molecular formula is C25H48O4. The van der Waals surface area contributed by atoms with Crippen molar-refractivity contribution in [1.82, 2.24) is 0 Å². The van der Waals surface area contributed by atoms with Crippen LogP contribution in [0.4, 0.5) is 0 Å². The van der Waals surface area contributed by atoms with Crippen LogP contribution >= 0.6 is 0 Å². The van der Waals surface area contributed by atoms with Crippen molar-refractivity contribution in [2.45, 2.75) is 137 Å². The predicted molar refractivity (Wildman–Crippen MR) is 121 cm³/mol. The summed E-state index contributed by atoms with van der Waals surface area (Å²) in [4.78, 5) is 25.5. The van der Waals surface area contributed by atoms with E-state index in [1.807, 2.05) is 20.8 Å². The molecule has 0 saturated heterocycles. The highest BCUT2D eigenvalue weighted by Gasteiger charge is 2.46. The Morgan fingerprint density at radius 1 is 0.690 bits per heavy atom. The molecule has 0 rings (SSSR count). The number of ether oxygens (including phenoxy) is 2. The Hall–Kier alpha value is -1.06. The van der Waals surface area contributed by atoms with Crippen LogP contribution in [0.15, 0.2) is 0 Å². The molecule has 172 valence electrons. The molecule has 0 radical (unpaired) electrons. The van der Waals surface area contributed by atoms with Gasteiger partial charge in [0.15, 0.2) is 5.41 Å². The van der Waals surface area contributed by atoms with Gasteiger partial charge in [-0.25, -0.2) is 0 Å². The Balaban J connectivity index is 4.31. The first kappa shape index (κ1) is 27.9. The standard InChI is InChI=1S/C25H48O4/c1-6-10-12-14-15-16-17-19-21-28-23(26)25(8-3,9-4)24(27)29-22(5)20-18-13-11-7-2/h22H,6-21H2,1-5H3. The minimum absolute atomic E-state index is 0.155. The summed E-state index contributed by atoms with van der Waals surface area (Å²) in [6.07, 6.45) is 15.7. The van der Waals surface area contributed by atoms with Crippen LogP contribution in [0.5, 0.6) is 0 Å². The smallest absolute Gasteiger partial charge is 0.323 e. The van der Waals surface area contributed by atoms with Crippen molar-refractivity contribution in [1.29, 1.82) is 0 Å². The summed E-state index contributed by atoms with van der Waals surface area (Å²) in [6, 6.07) is 0. The van der Waals surface area contributed by atoms with Gasteiger partial charge in [0.25, 0.3) is 0 Å². The van der Waals surface area contributed by atoms with Crippen LogP contribution in [0.2, 0.25) is 0 Å². The van der Waals surface area contributed by atoms with Crippen LogP contribution in [0.1, 0.15) is 131 Å². The molecule has 0 aliphatic carbocycles. The second kappa shape index (κ2) is 17.8. The topological polar surface area (TPSA) is 52.6 Å².